The number of ether oxygens (including phenoxy) is 1. The standard InChI is InChI=1S/C28H34N2O4/c1-6-18-34-23-14-12-22(13-15-23)26(31)24-25(21-10-8-20(9-11-21)19(2)3)30(28(33)27(24)32)17-7-16-29(4)5/h6,8-15,19,25,31H,1,7,16-18H2,2-5H3/b26-24+/t25-/m1/s1. The molecule has 6 heteroatoms. The van der Waals surface area contributed by atoms with Gasteiger partial charge in [-0.1, -0.05) is 50.8 Å². The Hall–Kier alpha value is -3.38. The van der Waals surface area contributed by atoms with Crippen LogP contribution < -0.4 is 4.74 Å². The van der Waals surface area contributed by atoms with Gasteiger partial charge in [-0.15, -0.1) is 0 Å². The Morgan fingerprint density at radius 2 is 1.76 bits per heavy atom. The van der Waals surface area contributed by atoms with Crippen LogP contribution in [-0.2, 0) is 9.59 Å². The number of hydrogen-bond acceptors (Lipinski definition) is 5. The Morgan fingerprint density at radius 3 is 2.32 bits per heavy atom. The minimum Gasteiger partial charge on any atom is -0.507 e. The summed E-state index contributed by atoms with van der Waals surface area (Å²) in [5, 5.41) is 11.2. The number of likely N-dealkylation sites (tertiary alicyclic amines) is 1. The molecule has 1 aliphatic rings. The Labute approximate surface area is 202 Å². The van der Waals surface area contributed by atoms with Crippen LogP contribution >= 0.6 is 0 Å². The molecule has 180 valence electrons. The zero-order valence-electron chi connectivity index (χ0n) is 20.5. The van der Waals surface area contributed by atoms with Gasteiger partial charge < -0.3 is 19.6 Å². The van der Waals surface area contributed by atoms with Gasteiger partial charge in [-0.3, -0.25) is 9.59 Å². The Balaban J connectivity index is 2.03. The van der Waals surface area contributed by atoms with Crippen molar-refractivity contribution in [2.45, 2.75) is 32.2 Å². The molecule has 3 rings (SSSR count). The van der Waals surface area contributed by atoms with Gasteiger partial charge in [-0.05, 0) is 68.4 Å². The van der Waals surface area contributed by atoms with Gasteiger partial charge in [0.25, 0.3) is 11.7 Å². The number of carbonyl (C=O) groups excluding carboxylic acids is 2. The number of aliphatic hydroxyl groups is 1. The Bertz CT molecular complexity index is 1050. The third-order valence-electron chi connectivity index (χ3n) is 5.96. The number of benzene rings is 2. The van der Waals surface area contributed by atoms with Crippen molar-refractivity contribution >= 4 is 17.4 Å². The van der Waals surface area contributed by atoms with Crippen molar-refractivity contribution in [1.82, 2.24) is 9.80 Å². The summed E-state index contributed by atoms with van der Waals surface area (Å²) in [7, 11) is 3.94. The number of Topliss-reactive ketones (excluding diaryl/α,β-unsaturated/α-hetero) is 1. The maximum atomic E-state index is 13.1. The lowest BCUT2D eigenvalue weighted by molar-refractivity contribution is -0.139. The van der Waals surface area contributed by atoms with Gasteiger partial charge in [0.05, 0.1) is 11.6 Å². The molecule has 0 unspecified atom stereocenters. The van der Waals surface area contributed by atoms with Crippen molar-refractivity contribution in [3.8, 4) is 5.75 Å². The molecule has 2 aromatic carbocycles. The first-order valence-corrected chi connectivity index (χ1v) is 11.6. The maximum absolute atomic E-state index is 13.1. The topological polar surface area (TPSA) is 70.1 Å². The summed E-state index contributed by atoms with van der Waals surface area (Å²) >= 11 is 0. The smallest absolute Gasteiger partial charge is 0.295 e. The molecule has 0 bridgehead atoms. The summed E-state index contributed by atoms with van der Waals surface area (Å²) in [6.07, 6.45) is 2.37. The van der Waals surface area contributed by atoms with Crippen LogP contribution in [-0.4, -0.2) is 60.4 Å². The molecule has 34 heavy (non-hydrogen) atoms. The fraction of sp³-hybridized carbons (Fsp3) is 0.357. The van der Waals surface area contributed by atoms with E-state index in [1.165, 1.54) is 5.56 Å². The van der Waals surface area contributed by atoms with Gasteiger partial charge >= 0.3 is 0 Å². The Morgan fingerprint density at radius 1 is 1.12 bits per heavy atom. The fourth-order valence-electron chi connectivity index (χ4n) is 4.10. The highest BCUT2D eigenvalue weighted by Crippen LogP contribution is 2.40. The van der Waals surface area contributed by atoms with Crippen LogP contribution in [0.4, 0.5) is 0 Å². The van der Waals surface area contributed by atoms with Gasteiger partial charge in [-0.2, -0.15) is 0 Å². The molecule has 2 aromatic rings. The molecule has 1 atom stereocenters. The summed E-state index contributed by atoms with van der Waals surface area (Å²) in [5.74, 6) is -0.429. The van der Waals surface area contributed by atoms with E-state index in [0.29, 0.717) is 30.4 Å². The van der Waals surface area contributed by atoms with Crippen LogP contribution in [0.1, 0.15) is 48.9 Å². The molecule has 1 N–H and O–H groups in total. The van der Waals surface area contributed by atoms with Crippen LogP contribution in [0.3, 0.4) is 0 Å². The molecule has 0 aliphatic carbocycles. The van der Waals surface area contributed by atoms with Crippen LogP contribution in [0, 0.1) is 0 Å². The lowest BCUT2D eigenvalue weighted by Crippen LogP contribution is -2.32. The minimum absolute atomic E-state index is 0.118. The van der Waals surface area contributed by atoms with Gasteiger partial charge in [0, 0.05) is 12.1 Å². The second kappa shape index (κ2) is 11.2. The van der Waals surface area contributed by atoms with Crippen molar-refractivity contribution in [2.24, 2.45) is 0 Å². The lowest BCUT2D eigenvalue weighted by atomic mass is 9.93. The largest absolute Gasteiger partial charge is 0.507 e. The van der Waals surface area contributed by atoms with Crippen LogP contribution in [0.2, 0.25) is 0 Å². The number of rotatable bonds is 10. The molecule has 1 fully saturated rings. The van der Waals surface area contributed by atoms with Crippen LogP contribution in [0.5, 0.6) is 5.75 Å². The number of carbonyl (C=O) groups is 2. The second-order valence-electron chi connectivity index (χ2n) is 9.09. The minimum atomic E-state index is -0.660. The molecule has 1 heterocycles. The fourth-order valence-corrected chi connectivity index (χ4v) is 4.10. The molecule has 1 aliphatic heterocycles. The molecule has 1 amide bonds. The summed E-state index contributed by atoms with van der Waals surface area (Å²) in [5.41, 5.74) is 2.55. The third-order valence-corrected chi connectivity index (χ3v) is 5.96. The van der Waals surface area contributed by atoms with Crippen molar-refractivity contribution in [3.05, 3.63) is 83.4 Å². The molecule has 0 saturated carbocycles. The summed E-state index contributed by atoms with van der Waals surface area (Å²) in [6, 6.07) is 14.1. The number of ketones is 1. The number of aliphatic hydroxyl groups excluding tert-OH is 1. The quantitative estimate of drug-likeness (QED) is 0.239. The third kappa shape index (κ3) is 5.57. The van der Waals surface area contributed by atoms with E-state index < -0.39 is 17.7 Å². The van der Waals surface area contributed by atoms with E-state index in [0.717, 1.165) is 18.5 Å². The highest BCUT2D eigenvalue weighted by molar-refractivity contribution is 6.46. The highest BCUT2D eigenvalue weighted by atomic mass is 16.5. The normalized spacial score (nSPS) is 17.6. The monoisotopic (exact) mass is 462 g/mol. The molecule has 1 saturated heterocycles. The summed E-state index contributed by atoms with van der Waals surface area (Å²) < 4.78 is 5.51. The van der Waals surface area contributed by atoms with E-state index in [1.807, 2.05) is 43.3 Å². The van der Waals surface area contributed by atoms with Crippen molar-refractivity contribution in [3.63, 3.8) is 0 Å². The first kappa shape index (κ1) is 25.2. The lowest BCUT2D eigenvalue weighted by Gasteiger charge is -2.26. The van der Waals surface area contributed by atoms with E-state index in [9.17, 15) is 14.7 Å². The zero-order chi connectivity index (χ0) is 24.8. The zero-order valence-corrected chi connectivity index (χ0v) is 20.5. The van der Waals surface area contributed by atoms with Crippen molar-refractivity contribution in [1.29, 1.82) is 0 Å². The van der Waals surface area contributed by atoms with Gasteiger partial charge in [0.15, 0.2) is 0 Å². The highest BCUT2D eigenvalue weighted by Gasteiger charge is 2.45. The Kier molecular flexibility index (Phi) is 8.29. The molecule has 6 nitrogen and oxygen atoms in total. The first-order chi connectivity index (χ1) is 16.2. The first-order valence-electron chi connectivity index (χ1n) is 11.6. The molecular formula is C28H34N2O4. The van der Waals surface area contributed by atoms with Gasteiger partial charge in [0.1, 0.15) is 18.1 Å². The van der Waals surface area contributed by atoms with E-state index in [4.69, 9.17) is 4.74 Å². The van der Waals surface area contributed by atoms with E-state index in [2.05, 4.69) is 20.4 Å². The van der Waals surface area contributed by atoms with Gasteiger partial charge in [-0.25, -0.2) is 0 Å². The second-order valence-corrected chi connectivity index (χ2v) is 9.09. The molecule has 0 radical (unpaired) electrons. The molecule has 0 spiro atoms. The number of hydrogen-bond donors (Lipinski definition) is 1. The summed E-state index contributed by atoms with van der Waals surface area (Å²) in [6.45, 7) is 9.44. The molecule has 0 aromatic heterocycles. The number of amides is 1. The molecular weight excluding hydrogens is 428 g/mol. The van der Waals surface area contributed by atoms with E-state index in [1.54, 1.807) is 35.2 Å². The maximum Gasteiger partial charge on any atom is 0.295 e. The average molecular weight is 463 g/mol. The van der Waals surface area contributed by atoms with E-state index >= 15 is 0 Å². The average Bonchev–Trinajstić information content (AvgIpc) is 3.07. The van der Waals surface area contributed by atoms with Crippen LogP contribution in [0.25, 0.3) is 5.76 Å². The summed E-state index contributed by atoms with van der Waals surface area (Å²) in [4.78, 5) is 29.8. The number of nitrogens with zero attached hydrogens (tertiary/aromatic N) is 2. The van der Waals surface area contributed by atoms with Crippen molar-refractivity contribution in [2.75, 3.05) is 33.8 Å². The SMILES string of the molecule is C=CCOc1ccc(/C(O)=C2\C(=O)C(=O)N(CCCN(C)C)[C@@H]2c2ccc(C(C)C)cc2)cc1. The van der Waals surface area contributed by atoms with E-state index in [-0.39, 0.29) is 11.3 Å². The van der Waals surface area contributed by atoms with Crippen LogP contribution in [0.15, 0.2) is 66.8 Å². The predicted molar refractivity (Wildman–Crippen MR) is 135 cm³/mol. The predicted octanol–water partition coefficient (Wildman–Crippen LogP) is 4.75. The van der Waals surface area contributed by atoms with Gasteiger partial charge in [0.2, 0.25) is 0 Å². The van der Waals surface area contributed by atoms with Crippen molar-refractivity contribution < 1.29 is 19.4 Å².